The first-order valence-electron chi connectivity index (χ1n) is 20.6. The fraction of sp³-hybridized carbons (Fsp3) is 1.00. The van der Waals surface area contributed by atoms with Crippen molar-refractivity contribution in [2.75, 3.05) is 92.8 Å². The molecule has 0 aromatic rings. The van der Waals surface area contributed by atoms with Crippen LogP contribution in [0.4, 0.5) is 0 Å². The van der Waals surface area contributed by atoms with Crippen LogP contribution in [-0.2, 0) is 42.6 Å². The van der Waals surface area contributed by atoms with E-state index >= 15 is 0 Å². The van der Waals surface area contributed by atoms with E-state index < -0.39 is 0 Å². The molecule has 0 aromatic heterocycles. The van der Waals surface area contributed by atoms with Crippen molar-refractivity contribution < 1.29 is 42.6 Å². The lowest BCUT2D eigenvalue weighted by Crippen LogP contribution is -2.66. The van der Waals surface area contributed by atoms with E-state index in [1.165, 1.54) is 0 Å². The highest BCUT2D eigenvalue weighted by Gasteiger charge is 2.46. The molecule has 0 spiro atoms. The molecule has 6 fully saturated rings. The smallest absolute Gasteiger partial charge is 0.0830 e. The Morgan fingerprint density at radius 3 is 1.67 bits per heavy atom. The Morgan fingerprint density at radius 1 is 0.577 bits per heavy atom. The summed E-state index contributed by atoms with van der Waals surface area (Å²) in [5.41, 5.74) is 0.148. The van der Waals surface area contributed by atoms with Crippen molar-refractivity contribution in [1.29, 1.82) is 0 Å². The fourth-order valence-electron chi connectivity index (χ4n) is 8.70. The van der Waals surface area contributed by atoms with E-state index in [-0.39, 0.29) is 22.1 Å². The van der Waals surface area contributed by atoms with Gasteiger partial charge in [0.1, 0.15) is 0 Å². The maximum absolute atomic E-state index is 6.23. The highest BCUT2D eigenvalue weighted by molar-refractivity contribution is 5.01. The maximum Gasteiger partial charge on any atom is 0.0830 e. The van der Waals surface area contributed by atoms with Crippen molar-refractivity contribution in [2.45, 2.75) is 159 Å². The Kier molecular flexibility index (Phi) is 14.1. The van der Waals surface area contributed by atoms with Crippen LogP contribution < -0.4 is 0 Å². The van der Waals surface area contributed by atoms with Crippen molar-refractivity contribution in [3.05, 3.63) is 0 Å². The number of methoxy groups -OCH3 is 1. The van der Waals surface area contributed by atoms with Crippen molar-refractivity contribution in [2.24, 2.45) is 11.3 Å². The number of likely N-dealkylation sites (tertiary alicyclic amines) is 2. The summed E-state index contributed by atoms with van der Waals surface area (Å²) in [5, 5.41) is 0. The minimum absolute atomic E-state index is 0.00443. The minimum atomic E-state index is -0.0874. The van der Waals surface area contributed by atoms with Gasteiger partial charge in [0.05, 0.1) is 93.4 Å². The summed E-state index contributed by atoms with van der Waals surface area (Å²) < 4.78 is 53.7. The fourth-order valence-corrected chi connectivity index (χ4v) is 8.70. The zero-order chi connectivity index (χ0) is 37.0. The van der Waals surface area contributed by atoms with Crippen LogP contribution in [-0.4, -0.2) is 162 Å². The molecule has 0 atom stereocenters. The van der Waals surface area contributed by atoms with Gasteiger partial charge in [0.25, 0.3) is 0 Å². The monoisotopic (exact) mass is 739 g/mol. The molecule has 3 saturated heterocycles. The molecular weight excluding hydrogens is 664 g/mol. The van der Waals surface area contributed by atoms with Gasteiger partial charge in [-0.1, -0.05) is 0 Å². The topological polar surface area (TPSA) is 89.6 Å². The summed E-state index contributed by atoms with van der Waals surface area (Å²) in [6, 6.07) is 0. The molecule has 0 amide bonds. The molecule has 6 rings (SSSR count). The van der Waals surface area contributed by atoms with Gasteiger partial charge < -0.3 is 42.6 Å². The Morgan fingerprint density at radius 2 is 1.12 bits per heavy atom. The Labute approximate surface area is 315 Å². The van der Waals surface area contributed by atoms with Crippen LogP contribution >= 0.6 is 0 Å². The molecule has 0 N–H and O–H groups in total. The van der Waals surface area contributed by atoms with Gasteiger partial charge in [0, 0.05) is 64.2 Å². The lowest BCUT2D eigenvalue weighted by atomic mass is 9.81. The molecule has 0 bridgehead atoms. The molecule has 3 aliphatic carbocycles. The molecule has 0 unspecified atom stereocenters. The number of ether oxygens (including phenoxy) is 9. The molecule has 3 heterocycles. The van der Waals surface area contributed by atoms with E-state index in [4.69, 9.17) is 42.6 Å². The van der Waals surface area contributed by atoms with Crippen molar-refractivity contribution >= 4 is 0 Å². The molecule has 3 aliphatic heterocycles. The molecule has 3 saturated carbocycles. The van der Waals surface area contributed by atoms with Gasteiger partial charge in [-0.2, -0.15) is 0 Å². The van der Waals surface area contributed by atoms with E-state index in [9.17, 15) is 0 Å². The second kappa shape index (κ2) is 17.8. The number of rotatable bonds is 24. The second-order valence-electron chi connectivity index (χ2n) is 19.4. The Balaban J connectivity index is 0.740. The van der Waals surface area contributed by atoms with E-state index in [1.807, 2.05) is 0 Å². The van der Waals surface area contributed by atoms with Crippen LogP contribution in [0.2, 0.25) is 0 Å². The zero-order valence-electron chi connectivity index (χ0n) is 34.0. The van der Waals surface area contributed by atoms with Gasteiger partial charge in [-0.15, -0.1) is 0 Å². The normalized spacial score (nSPS) is 31.6. The predicted octanol–water partition coefficient (Wildman–Crippen LogP) is 5.11. The first-order chi connectivity index (χ1) is 24.7. The molecule has 0 radical (unpaired) electrons. The summed E-state index contributed by atoms with van der Waals surface area (Å²) in [6.07, 6.45) is 10.8. The van der Waals surface area contributed by atoms with Crippen LogP contribution in [0.5, 0.6) is 0 Å². The molecule has 302 valence electrons. The molecule has 52 heavy (non-hydrogen) atoms. The zero-order valence-corrected chi connectivity index (χ0v) is 34.0. The average molecular weight is 739 g/mol. The molecule has 6 aliphatic rings. The quantitative estimate of drug-likeness (QED) is 0.124. The van der Waals surface area contributed by atoms with Crippen LogP contribution in [0.3, 0.4) is 0 Å². The molecule has 11 nitrogen and oxygen atoms in total. The number of hydrogen-bond acceptors (Lipinski definition) is 11. The Bertz CT molecular complexity index is 1070. The first kappa shape index (κ1) is 41.2. The molecule has 11 heteroatoms. The third-order valence-electron chi connectivity index (χ3n) is 12.4. The van der Waals surface area contributed by atoms with Gasteiger partial charge in [-0.3, -0.25) is 9.80 Å². The van der Waals surface area contributed by atoms with Crippen molar-refractivity contribution in [1.82, 2.24) is 9.80 Å². The van der Waals surface area contributed by atoms with Gasteiger partial charge in [0.2, 0.25) is 0 Å². The summed E-state index contributed by atoms with van der Waals surface area (Å²) in [5.74, 6) is 0.650. The van der Waals surface area contributed by atoms with E-state index in [0.29, 0.717) is 81.7 Å². The minimum Gasteiger partial charge on any atom is -0.381 e. The van der Waals surface area contributed by atoms with Crippen LogP contribution in [0.15, 0.2) is 0 Å². The average Bonchev–Trinajstić information content (AvgIpc) is 2.93. The van der Waals surface area contributed by atoms with Gasteiger partial charge in [-0.25, -0.2) is 0 Å². The summed E-state index contributed by atoms with van der Waals surface area (Å²) in [6.45, 7) is 26.4. The predicted molar refractivity (Wildman–Crippen MR) is 200 cm³/mol. The summed E-state index contributed by atoms with van der Waals surface area (Å²) >= 11 is 0. The standard InChI is InChI=1S/C41H74N2O9/c1-38(2,3)52-35-18-34(19-35)51-29-41(27-46-28-41)26-45-10-9-11-47-36-20-42(21-36)39(4,5)25-40(6,7)43-22-37(23-43)49-13-12-48-32-14-30(15-32)24-50-33-16-31(17-33)44-8/h30-37H,9-29H2,1-8H3. The third-order valence-corrected chi connectivity index (χ3v) is 12.4. The highest BCUT2D eigenvalue weighted by Crippen LogP contribution is 2.37. The molecular formula is C41H74N2O9. The Hall–Kier alpha value is -0.440. The highest BCUT2D eigenvalue weighted by atomic mass is 16.6. The summed E-state index contributed by atoms with van der Waals surface area (Å²) in [4.78, 5) is 5.17. The van der Waals surface area contributed by atoms with Crippen molar-refractivity contribution in [3.63, 3.8) is 0 Å². The van der Waals surface area contributed by atoms with Crippen LogP contribution in [0.1, 0.15) is 99.8 Å². The second-order valence-corrected chi connectivity index (χ2v) is 19.4. The van der Waals surface area contributed by atoms with Crippen LogP contribution in [0, 0.1) is 11.3 Å². The van der Waals surface area contributed by atoms with Gasteiger partial charge in [0.15, 0.2) is 0 Å². The van der Waals surface area contributed by atoms with Gasteiger partial charge in [-0.05, 0) is 106 Å². The van der Waals surface area contributed by atoms with Gasteiger partial charge >= 0.3 is 0 Å². The van der Waals surface area contributed by atoms with E-state index in [0.717, 1.165) is 104 Å². The largest absolute Gasteiger partial charge is 0.381 e. The van der Waals surface area contributed by atoms with E-state index in [2.05, 4.69) is 58.3 Å². The maximum atomic E-state index is 6.23. The number of hydrogen-bond donors (Lipinski definition) is 0. The lowest BCUT2D eigenvalue weighted by molar-refractivity contribution is -0.208. The van der Waals surface area contributed by atoms with Crippen LogP contribution in [0.25, 0.3) is 0 Å². The molecule has 0 aromatic carbocycles. The van der Waals surface area contributed by atoms with Crippen molar-refractivity contribution in [3.8, 4) is 0 Å². The SMILES string of the molecule is COC1CC(OCC2CC(OCCOC3CN(C(C)(C)CC(C)(C)N4CC(OCCCOCC5(COC6CC(OC(C)(C)C)C6)COC5)C4)C3)C2)C1. The lowest BCUT2D eigenvalue weighted by Gasteiger charge is -2.55. The summed E-state index contributed by atoms with van der Waals surface area (Å²) in [7, 11) is 1.79. The number of nitrogens with zero attached hydrogens (tertiary/aromatic N) is 2. The third kappa shape index (κ3) is 11.6. The van der Waals surface area contributed by atoms with E-state index in [1.54, 1.807) is 7.11 Å². The first-order valence-corrected chi connectivity index (χ1v) is 20.6.